The van der Waals surface area contributed by atoms with E-state index in [1.807, 2.05) is 20.8 Å². The zero-order valence-electron chi connectivity index (χ0n) is 11.1. The van der Waals surface area contributed by atoms with E-state index >= 15 is 0 Å². The summed E-state index contributed by atoms with van der Waals surface area (Å²) < 4.78 is 10.6. The van der Waals surface area contributed by atoms with E-state index in [4.69, 9.17) is 9.47 Å². The highest BCUT2D eigenvalue weighted by molar-refractivity contribution is 5.75. The molecule has 4 heteroatoms. The largest absolute Gasteiger partial charge is 0.465 e. The van der Waals surface area contributed by atoms with Crippen molar-refractivity contribution in [2.45, 2.75) is 52.7 Å². The molecule has 0 saturated heterocycles. The van der Waals surface area contributed by atoms with Crippen LogP contribution in [0.1, 0.15) is 41.0 Å². The van der Waals surface area contributed by atoms with Crippen LogP contribution in [0.3, 0.4) is 0 Å². The second-order valence-corrected chi connectivity index (χ2v) is 4.68. The van der Waals surface area contributed by atoms with Gasteiger partial charge in [-0.2, -0.15) is 0 Å². The fraction of sp³-hybridized carbons (Fsp3) is 0.917. The minimum atomic E-state index is -0.362. The standard InChI is InChI=1S/C12H25NO3/c1-6-8-13-10(11(14)15-7-2)9-16-12(3,4)5/h10,13H,6-9H2,1-5H3. The Hall–Kier alpha value is -0.610. The van der Waals surface area contributed by atoms with Crippen molar-refractivity contribution in [2.24, 2.45) is 0 Å². The Balaban J connectivity index is 4.14. The number of hydrogen-bond donors (Lipinski definition) is 1. The molecule has 0 aromatic heterocycles. The molecule has 0 aromatic rings. The van der Waals surface area contributed by atoms with Crippen LogP contribution < -0.4 is 5.32 Å². The fourth-order valence-electron chi connectivity index (χ4n) is 1.11. The first-order valence-electron chi connectivity index (χ1n) is 5.94. The highest BCUT2D eigenvalue weighted by Crippen LogP contribution is 2.07. The zero-order chi connectivity index (χ0) is 12.6. The van der Waals surface area contributed by atoms with Gasteiger partial charge in [0.15, 0.2) is 0 Å². The summed E-state index contributed by atoms with van der Waals surface area (Å²) in [4.78, 5) is 11.6. The Morgan fingerprint density at radius 1 is 1.31 bits per heavy atom. The summed E-state index contributed by atoms with van der Waals surface area (Å²) in [6, 6.07) is -0.362. The molecule has 0 amide bonds. The van der Waals surface area contributed by atoms with Crippen LogP contribution in [0.2, 0.25) is 0 Å². The predicted molar refractivity (Wildman–Crippen MR) is 64.4 cm³/mol. The van der Waals surface area contributed by atoms with Crippen molar-refractivity contribution in [2.75, 3.05) is 19.8 Å². The maximum absolute atomic E-state index is 11.6. The van der Waals surface area contributed by atoms with Gasteiger partial charge in [0, 0.05) is 0 Å². The number of rotatable bonds is 7. The number of esters is 1. The molecule has 0 aliphatic carbocycles. The predicted octanol–water partition coefficient (Wildman–Crippen LogP) is 1.73. The van der Waals surface area contributed by atoms with E-state index in [1.54, 1.807) is 6.92 Å². The lowest BCUT2D eigenvalue weighted by atomic mass is 10.2. The highest BCUT2D eigenvalue weighted by Gasteiger charge is 2.22. The van der Waals surface area contributed by atoms with Gasteiger partial charge in [0.1, 0.15) is 6.04 Å². The average Bonchev–Trinajstić information content (AvgIpc) is 2.16. The van der Waals surface area contributed by atoms with E-state index in [1.165, 1.54) is 0 Å². The second kappa shape index (κ2) is 7.63. The van der Waals surface area contributed by atoms with Crippen LogP contribution >= 0.6 is 0 Å². The van der Waals surface area contributed by atoms with Crippen LogP contribution in [0.4, 0.5) is 0 Å². The van der Waals surface area contributed by atoms with Gasteiger partial charge in [0.25, 0.3) is 0 Å². The van der Waals surface area contributed by atoms with Gasteiger partial charge in [-0.25, -0.2) is 0 Å². The molecule has 16 heavy (non-hydrogen) atoms. The van der Waals surface area contributed by atoms with Crippen LogP contribution in [0.25, 0.3) is 0 Å². The molecule has 0 saturated carbocycles. The summed E-state index contributed by atoms with van der Waals surface area (Å²) in [6.07, 6.45) is 0.978. The first kappa shape index (κ1) is 15.4. The maximum atomic E-state index is 11.6. The molecule has 4 nitrogen and oxygen atoms in total. The molecule has 0 aliphatic heterocycles. The smallest absolute Gasteiger partial charge is 0.325 e. The summed E-state index contributed by atoms with van der Waals surface area (Å²) in [6.45, 7) is 11.3. The third kappa shape index (κ3) is 7.65. The monoisotopic (exact) mass is 231 g/mol. The van der Waals surface area contributed by atoms with Gasteiger partial charge in [0.05, 0.1) is 18.8 Å². The van der Waals surface area contributed by atoms with Crippen molar-refractivity contribution in [3.8, 4) is 0 Å². The summed E-state index contributed by atoms with van der Waals surface area (Å²) in [5, 5.41) is 3.13. The normalized spacial score (nSPS) is 13.6. The molecule has 0 spiro atoms. The van der Waals surface area contributed by atoms with Crippen LogP contribution in [0.15, 0.2) is 0 Å². The highest BCUT2D eigenvalue weighted by atomic mass is 16.5. The molecule has 1 atom stereocenters. The van der Waals surface area contributed by atoms with Crippen molar-refractivity contribution in [1.82, 2.24) is 5.32 Å². The number of carbonyl (C=O) groups excluding carboxylic acids is 1. The molecular weight excluding hydrogens is 206 g/mol. The van der Waals surface area contributed by atoms with E-state index in [0.717, 1.165) is 13.0 Å². The first-order valence-corrected chi connectivity index (χ1v) is 5.94. The molecule has 0 aliphatic rings. The van der Waals surface area contributed by atoms with Crippen LogP contribution in [-0.4, -0.2) is 37.4 Å². The first-order chi connectivity index (χ1) is 7.40. The lowest BCUT2D eigenvalue weighted by Crippen LogP contribution is -2.43. The molecule has 0 aromatic carbocycles. The van der Waals surface area contributed by atoms with Crippen LogP contribution in [-0.2, 0) is 14.3 Å². The van der Waals surface area contributed by atoms with Crippen molar-refractivity contribution in [1.29, 1.82) is 0 Å². The molecular formula is C12H25NO3. The minimum Gasteiger partial charge on any atom is -0.465 e. The average molecular weight is 231 g/mol. The molecule has 1 N–H and O–H groups in total. The van der Waals surface area contributed by atoms with Crippen molar-refractivity contribution in [3.63, 3.8) is 0 Å². The Morgan fingerprint density at radius 3 is 2.38 bits per heavy atom. The lowest BCUT2D eigenvalue weighted by Gasteiger charge is -2.24. The van der Waals surface area contributed by atoms with Gasteiger partial charge in [0.2, 0.25) is 0 Å². The van der Waals surface area contributed by atoms with E-state index in [2.05, 4.69) is 12.2 Å². The number of ether oxygens (including phenoxy) is 2. The molecule has 0 fully saturated rings. The van der Waals surface area contributed by atoms with Gasteiger partial charge in [-0.15, -0.1) is 0 Å². The number of carbonyl (C=O) groups is 1. The van der Waals surface area contributed by atoms with Gasteiger partial charge in [-0.3, -0.25) is 4.79 Å². The van der Waals surface area contributed by atoms with Crippen LogP contribution in [0, 0.1) is 0 Å². The lowest BCUT2D eigenvalue weighted by molar-refractivity contribution is -0.148. The Kier molecular flexibility index (Phi) is 7.34. The van der Waals surface area contributed by atoms with E-state index in [-0.39, 0.29) is 17.6 Å². The molecule has 0 radical (unpaired) electrons. The van der Waals surface area contributed by atoms with E-state index in [9.17, 15) is 4.79 Å². The van der Waals surface area contributed by atoms with Gasteiger partial charge in [-0.05, 0) is 40.7 Å². The zero-order valence-corrected chi connectivity index (χ0v) is 11.1. The molecule has 1 unspecified atom stereocenters. The molecule has 0 bridgehead atoms. The number of hydrogen-bond acceptors (Lipinski definition) is 4. The van der Waals surface area contributed by atoms with Crippen molar-refractivity contribution >= 4 is 5.97 Å². The third-order valence-electron chi connectivity index (χ3n) is 1.89. The number of nitrogens with one attached hydrogen (secondary N) is 1. The van der Waals surface area contributed by atoms with E-state index in [0.29, 0.717) is 13.2 Å². The van der Waals surface area contributed by atoms with Gasteiger partial charge in [-0.1, -0.05) is 6.92 Å². The van der Waals surface area contributed by atoms with E-state index < -0.39 is 0 Å². The fourth-order valence-corrected chi connectivity index (χ4v) is 1.11. The van der Waals surface area contributed by atoms with Crippen LogP contribution in [0.5, 0.6) is 0 Å². The minimum absolute atomic E-state index is 0.236. The van der Waals surface area contributed by atoms with Crippen molar-refractivity contribution in [3.05, 3.63) is 0 Å². The molecule has 0 rings (SSSR count). The van der Waals surface area contributed by atoms with Gasteiger partial charge < -0.3 is 14.8 Å². The summed E-state index contributed by atoms with van der Waals surface area (Å²) in [5.74, 6) is -0.236. The Morgan fingerprint density at radius 2 is 1.94 bits per heavy atom. The third-order valence-corrected chi connectivity index (χ3v) is 1.89. The molecule has 0 heterocycles. The Bertz CT molecular complexity index is 199. The van der Waals surface area contributed by atoms with Gasteiger partial charge >= 0.3 is 5.97 Å². The van der Waals surface area contributed by atoms with Crippen molar-refractivity contribution < 1.29 is 14.3 Å². The topological polar surface area (TPSA) is 47.6 Å². The summed E-state index contributed by atoms with van der Waals surface area (Å²) in [5.41, 5.74) is -0.237. The maximum Gasteiger partial charge on any atom is 0.325 e. The molecule has 96 valence electrons. The second-order valence-electron chi connectivity index (χ2n) is 4.68. The quantitative estimate of drug-likeness (QED) is 0.678. The summed E-state index contributed by atoms with van der Waals surface area (Å²) in [7, 11) is 0. The summed E-state index contributed by atoms with van der Waals surface area (Å²) >= 11 is 0. The Labute approximate surface area is 98.7 Å². The SMILES string of the molecule is CCCNC(COC(C)(C)C)C(=O)OCC.